The van der Waals surface area contributed by atoms with Crippen molar-refractivity contribution in [1.29, 1.82) is 0 Å². The van der Waals surface area contributed by atoms with Crippen LogP contribution in [-0.4, -0.2) is 77.5 Å². The molecule has 4 atom stereocenters. The summed E-state index contributed by atoms with van der Waals surface area (Å²) in [5.74, 6) is 4.17. The summed E-state index contributed by atoms with van der Waals surface area (Å²) in [5, 5.41) is 16.5. The molecular weight excluding hydrogens is 593 g/mol. The zero-order chi connectivity index (χ0) is 31.9. The Kier molecular flexibility index (Phi) is 6.77. The van der Waals surface area contributed by atoms with Crippen molar-refractivity contribution >= 4 is 27.5 Å². The van der Waals surface area contributed by atoms with Gasteiger partial charge in [-0.25, -0.2) is 4.39 Å². The minimum absolute atomic E-state index is 0.0254. The van der Waals surface area contributed by atoms with Gasteiger partial charge in [0.25, 0.3) is 0 Å². The SMILES string of the molecule is C#Cc1cccc2cc(O)cc(-c3cc4c5c(nc(OCC6(CN7CCC[C@@H](C)C7)CC6)nc5c3F)N3C[C@H]5CC[C@H](N5)[C@H]3CO4)c12. The maximum atomic E-state index is 17.1. The number of phenolic OH excluding ortho intramolecular Hbond substituents is 1. The van der Waals surface area contributed by atoms with Crippen molar-refractivity contribution in [1.82, 2.24) is 20.2 Å². The normalized spacial score (nSPS) is 26.0. The second kappa shape index (κ2) is 11.0. The van der Waals surface area contributed by atoms with Crippen LogP contribution in [0.1, 0.15) is 51.0 Å². The highest BCUT2D eigenvalue weighted by Gasteiger charge is 2.46. The number of rotatable bonds is 6. The highest BCUT2D eigenvalue weighted by atomic mass is 19.1. The summed E-state index contributed by atoms with van der Waals surface area (Å²) in [5.41, 5.74) is 1.62. The molecule has 1 saturated carbocycles. The summed E-state index contributed by atoms with van der Waals surface area (Å²) in [6, 6.07) is 11.3. The lowest BCUT2D eigenvalue weighted by atomic mass is 9.93. The maximum absolute atomic E-state index is 17.1. The molecule has 2 N–H and O–H groups in total. The molecule has 0 spiro atoms. The second-order valence-corrected chi connectivity index (χ2v) is 14.7. The first-order valence-corrected chi connectivity index (χ1v) is 17.2. The number of hydrogen-bond acceptors (Lipinski definition) is 8. The first kappa shape index (κ1) is 29.0. The smallest absolute Gasteiger partial charge is 0.319 e. The molecular formula is C38H40FN5O3. The third-order valence-electron chi connectivity index (χ3n) is 11.2. The highest BCUT2D eigenvalue weighted by molar-refractivity contribution is 6.05. The maximum Gasteiger partial charge on any atom is 0.319 e. The Labute approximate surface area is 274 Å². The van der Waals surface area contributed by atoms with Crippen molar-refractivity contribution in [3.8, 4) is 41.0 Å². The van der Waals surface area contributed by atoms with Gasteiger partial charge in [-0.15, -0.1) is 6.42 Å². The Morgan fingerprint density at radius 2 is 2.02 bits per heavy atom. The minimum atomic E-state index is -0.514. The third kappa shape index (κ3) is 4.96. The number of likely N-dealkylation sites (tertiary alicyclic amines) is 1. The molecule has 0 unspecified atom stereocenters. The van der Waals surface area contributed by atoms with Crippen molar-refractivity contribution < 1.29 is 19.0 Å². The number of benzene rings is 3. The molecule has 3 saturated heterocycles. The predicted octanol–water partition coefficient (Wildman–Crippen LogP) is 5.87. The van der Waals surface area contributed by atoms with E-state index < -0.39 is 5.82 Å². The van der Waals surface area contributed by atoms with E-state index in [1.807, 2.05) is 18.2 Å². The lowest BCUT2D eigenvalue weighted by Gasteiger charge is -2.40. The standard InChI is InChI=1S/C38H40FN5O3/c1-3-23-7-4-8-24-14-26(45)15-27(32(23)24)28-16-31-33-35(34(28)39)41-37(47-21-38(11-12-38)20-43-13-5-6-22(2)17-43)42-36(33)44-18-25-9-10-29(40-25)30(44)19-46-31/h1,4,7-8,14-16,22,25,29-30,40,45H,5-6,9-13,17-21H2,2H3/t22-,25-,29+,30-/m1/s1. The number of nitrogens with one attached hydrogen (secondary N) is 1. The lowest BCUT2D eigenvalue weighted by Crippen LogP contribution is -2.60. The summed E-state index contributed by atoms with van der Waals surface area (Å²) >= 11 is 0. The van der Waals surface area contributed by atoms with Gasteiger partial charge in [0, 0.05) is 53.6 Å². The molecule has 2 bridgehead atoms. The van der Waals surface area contributed by atoms with Crippen molar-refractivity contribution in [2.45, 2.75) is 63.6 Å². The molecule has 47 heavy (non-hydrogen) atoms. The minimum Gasteiger partial charge on any atom is -0.508 e. The van der Waals surface area contributed by atoms with Crippen molar-refractivity contribution in [3.05, 3.63) is 47.8 Å². The molecule has 4 fully saturated rings. The summed E-state index contributed by atoms with van der Waals surface area (Å²) in [7, 11) is 0. The van der Waals surface area contributed by atoms with Gasteiger partial charge in [0.15, 0.2) is 5.82 Å². The summed E-state index contributed by atoms with van der Waals surface area (Å²) in [6.45, 7) is 7.32. The molecule has 9 rings (SSSR count). The number of fused-ring (bicyclic) bond motifs is 6. The van der Waals surface area contributed by atoms with Crippen LogP contribution in [0.2, 0.25) is 0 Å². The van der Waals surface area contributed by atoms with E-state index in [4.69, 9.17) is 25.9 Å². The van der Waals surface area contributed by atoms with Crippen LogP contribution in [0, 0.1) is 29.5 Å². The van der Waals surface area contributed by atoms with Crippen molar-refractivity contribution in [2.24, 2.45) is 11.3 Å². The Morgan fingerprint density at radius 1 is 1.13 bits per heavy atom. The number of piperidine rings is 1. The fraction of sp³-hybridized carbons (Fsp3) is 0.474. The quantitative estimate of drug-likeness (QED) is 0.255. The van der Waals surface area contributed by atoms with Gasteiger partial charge in [-0.1, -0.05) is 25.0 Å². The second-order valence-electron chi connectivity index (χ2n) is 14.7. The molecule has 242 valence electrons. The number of piperazine rings is 1. The third-order valence-corrected chi connectivity index (χ3v) is 11.2. The summed E-state index contributed by atoms with van der Waals surface area (Å²) < 4.78 is 30.1. The molecule has 5 heterocycles. The molecule has 8 nitrogen and oxygen atoms in total. The van der Waals surface area contributed by atoms with Gasteiger partial charge in [0.2, 0.25) is 0 Å². The number of anilines is 1. The van der Waals surface area contributed by atoms with Crippen LogP contribution in [0.15, 0.2) is 36.4 Å². The number of halogens is 1. The van der Waals surface area contributed by atoms with Gasteiger partial charge in [-0.05, 0) is 86.2 Å². The first-order valence-electron chi connectivity index (χ1n) is 17.2. The van der Waals surface area contributed by atoms with Crippen LogP contribution in [0.3, 0.4) is 0 Å². The van der Waals surface area contributed by atoms with Crippen LogP contribution in [-0.2, 0) is 0 Å². The van der Waals surface area contributed by atoms with Crippen LogP contribution >= 0.6 is 0 Å². The molecule has 0 radical (unpaired) electrons. The van der Waals surface area contributed by atoms with Gasteiger partial charge in [0.05, 0.1) is 18.0 Å². The topological polar surface area (TPSA) is 83.0 Å². The fourth-order valence-electron chi connectivity index (χ4n) is 8.70. The van der Waals surface area contributed by atoms with Crippen molar-refractivity contribution in [3.63, 3.8) is 0 Å². The van der Waals surface area contributed by atoms with Crippen LogP contribution in [0.5, 0.6) is 17.5 Å². The fourth-order valence-corrected chi connectivity index (χ4v) is 8.70. The van der Waals surface area contributed by atoms with E-state index >= 15 is 4.39 Å². The molecule has 0 amide bonds. The number of phenols is 1. The van der Waals surface area contributed by atoms with E-state index in [1.165, 1.54) is 12.8 Å². The van der Waals surface area contributed by atoms with Crippen LogP contribution < -0.4 is 19.7 Å². The number of nitrogens with zero attached hydrogens (tertiary/aromatic N) is 4. The zero-order valence-corrected chi connectivity index (χ0v) is 26.8. The van der Waals surface area contributed by atoms with E-state index in [2.05, 4.69) is 28.0 Å². The lowest BCUT2D eigenvalue weighted by molar-refractivity contribution is 0.119. The number of terminal acetylenes is 1. The monoisotopic (exact) mass is 633 g/mol. The summed E-state index contributed by atoms with van der Waals surface area (Å²) in [6.07, 6.45) is 12.8. The van der Waals surface area contributed by atoms with Gasteiger partial charge >= 0.3 is 6.01 Å². The molecule has 1 aliphatic carbocycles. The average molecular weight is 634 g/mol. The van der Waals surface area contributed by atoms with Gasteiger partial charge in [-0.2, -0.15) is 9.97 Å². The molecule has 1 aromatic heterocycles. The number of hydrogen-bond donors (Lipinski definition) is 2. The number of ether oxygens (including phenoxy) is 2. The van der Waals surface area contributed by atoms with E-state index in [0.29, 0.717) is 52.7 Å². The molecule has 4 aliphatic heterocycles. The van der Waals surface area contributed by atoms with Gasteiger partial charge in [0.1, 0.15) is 29.4 Å². The van der Waals surface area contributed by atoms with Gasteiger partial charge < -0.3 is 29.7 Å². The Morgan fingerprint density at radius 3 is 2.85 bits per heavy atom. The van der Waals surface area contributed by atoms with E-state index in [-0.39, 0.29) is 40.3 Å². The molecule has 3 aromatic carbocycles. The predicted molar refractivity (Wildman–Crippen MR) is 181 cm³/mol. The Balaban J connectivity index is 1.17. The average Bonchev–Trinajstić information content (AvgIpc) is 3.76. The number of aromatic nitrogens is 2. The van der Waals surface area contributed by atoms with E-state index in [9.17, 15) is 5.11 Å². The van der Waals surface area contributed by atoms with Crippen LogP contribution in [0.4, 0.5) is 10.2 Å². The summed E-state index contributed by atoms with van der Waals surface area (Å²) in [4.78, 5) is 14.7. The Hall–Kier alpha value is -4.13. The van der Waals surface area contributed by atoms with Crippen LogP contribution in [0.25, 0.3) is 32.8 Å². The van der Waals surface area contributed by atoms with Crippen molar-refractivity contribution in [2.75, 3.05) is 44.3 Å². The molecule has 9 heteroatoms. The van der Waals surface area contributed by atoms with E-state index in [0.717, 1.165) is 63.2 Å². The first-order chi connectivity index (χ1) is 22.9. The van der Waals surface area contributed by atoms with E-state index in [1.54, 1.807) is 18.2 Å². The Bertz CT molecular complexity index is 1950. The molecule has 4 aromatic rings. The van der Waals surface area contributed by atoms with Gasteiger partial charge in [-0.3, -0.25) is 0 Å². The number of aromatic hydroxyl groups is 1. The molecule has 5 aliphatic rings. The zero-order valence-electron chi connectivity index (χ0n) is 26.8. The highest BCUT2D eigenvalue weighted by Crippen LogP contribution is 2.49. The largest absolute Gasteiger partial charge is 0.508 e.